The van der Waals surface area contributed by atoms with Crippen molar-refractivity contribution in [1.82, 2.24) is 0 Å². The molecule has 0 spiro atoms. The second kappa shape index (κ2) is 13.0. The highest BCUT2D eigenvalue weighted by Gasteiger charge is 2.22. The molecule has 0 unspecified atom stereocenters. The fourth-order valence-corrected chi connectivity index (χ4v) is 4.53. The first-order chi connectivity index (χ1) is 16.8. The molecule has 0 aromatic heterocycles. The van der Waals surface area contributed by atoms with E-state index in [1.165, 1.54) is 0 Å². The summed E-state index contributed by atoms with van der Waals surface area (Å²) in [5, 5.41) is 21.8. The summed E-state index contributed by atoms with van der Waals surface area (Å²) in [5.74, 6) is -0.591. The number of nitro benzene ring substituents is 2. The van der Waals surface area contributed by atoms with E-state index in [9.17, 15) is 37.1 Å². The van der Waals surface area contributed by atoms with Crippen LogP contribution in [0, 0.1) is 20.2 Å². The average Bonchev–Trinajstić information content (AvgIpc) is 2.78. The van der Waals surface area contributed by atoms with Crippen molar-refractivity contribution in [2.45, 2.75) is 9.79 Å². The van der Waals surface area contributed by atoms with E-state index in [1.54, 1.807) is 0 Å². The first-order valence-corrected chi connectivity index (χ1v) is 14.3. The molecule has 2 aromatic rings. The van der Waals surface area contributed by atoms with E-state index < -0.39 is 37.7 Å². The van der Waals surface area contributed by atoms with E-state index in [-0.39, 0.29) is 62.5 Å². The molecule has 0 bridgehead atoms. The van der Waals surface area contributed by atoms with Crippen LogP contribution in [-0.2, 0) is 27.6 Å². The van der Waals surface area contributed by atoms with Gasteiger partial charge in [-0.2, -0.15) is 0 Å². The fraction of sp³-hybridized carbons (Fsp3) is 0.333. The van der Waals surface area contributed by atoms with Crippen molar-refractivity contribution in [1.29, 1.82) is 0 Å². The van der Waals surface area contributed by atoms with Crippen LogP contribution in [0.3, 0.4) is 0 Å². The van der Waals surface area contributed by atoms with E-state index in [1.807, 2.05) is 0 Å². The van der Waals surface area contributed by atoms with Gasteiger partial charge in [0, 0.05) is 33.5 Å². The van der Waals surface area contributed by atoms with Crippen molar-refractivity contribution in [2.24, 2.45) is 0 Å². The minimum absolute atomic E-state index is 0.0189. The zero-order valence-electron chi connectivity index (χ0n) is 18.1. The van der Waals surface area contributed by atoms with Gasteiger partial charge in [-0.1, -0.05) is 0 Å². The highest BCUT2D eigenvalue weighted by atomic mass is 35.7. The Morgan fingerprint density at radius 1 is 0.639 bits per heavy atom. The Labute approximate surface area is 213 Å². The molecule has 0 heterocycles. The molecule has 198 valence electrons. The van der Waals surface area contributed by atoms with Gasteiger partial charge in [0.25, 0.3) is 29.5 Å². The summed E-state index contributed by atoms with van der Waals surface area (Å²) in [4.78, 5) is 19.5. The first kappa shape index (κ1) is 29.5. The molecule has 0 saturated heterocycles. The summed E-state index contributed by atoms with van der Waals surface area (Å²) in [5.41, 5.74) is -0.766. The Hall–Kier alpha value is -2.76. The number of hydrogen-bond acceptors (Lipinski definition) is 12. The maximum absolute atomic E-state index is 11.6. The zero-order chi connectivity index (χ0) is 26.9. The molecule has 0 N–H and O–H groups in total. The van der Waals surface area contributed by atoms with Gasteiger partial charge in [-0.3, -0.25) is 20.2 Å². The number of rotatable bonds is 15. The lowest BCUT2D eigenvalue weighted by Gasteiger charge is -2.11. The SMILES string of the molecule is O=[N+]([O-])c1ccc(S(=O)(=O)Cl)c(OCCOCCOCCOc2cc([N+](=O)[O-])ccc2S(=O)(=O)Cl)c1. The standard InChI is InChI=1S/C18H18Cl2N2O12S2/c19-35(27,28)17-3-1-13(21(23)24)11-15(17)33-9-7-31-5-6-32-8-10-34-16-12-14(22(25)26)2-4-18(16)36(20,29)30/h1-4,11-12H,5-10H2. The van der Waals surface area contributed by atoms with E-state index in [0.717, 1.165) is 36.4 Å². The van der Waals surface area contributed by atoms with Crippen LogP contribution >= 0.6 is 21.4 Å². The van der Waals surface area contributed by atoms with Crippen molar-refractivity contribution in [3.8, 4) is 11.5 Å². The van der Waals surface area contributed by atoms with Crippen LogP contribution in [0.25, 0.3) is 0 Å². The van der Waals surface area contributed by atoms with Gasteiger partial charge >= 0.3 is 0 Å². The molecule has 18 heteroatoms. The maximum Gasteiger partial charge on any atom is 0.273 e. The summed E-state index contributed by atoms with van der Waals surface area (Å²) in [6, 6.07) is 5.75. The molecule has 2 rings (SSSR count). The minimum Gasteiger partial charge on any atom is -0.490 e. The second-order valence-electron chi connectivity index (χ2n) is 6.57. The number of halogens is 2. The zero-order valence-corrected chi connectivity index (χ0v) is 21.2. The summed E-state index contributed by atoms with van der Waals surface area (Å²) in [7, 11) is 2.22. The quantitative estimate of drug-likeness (QED) is 0.128. The number of nitrogens with zero attached hydrogens (tertiary/aromatic N) is 2. The molecule has 0 radical (unpaired) electrons. The van der Waals surface area contributed by atoms with Crippen molar-refractivity contribution in [2.75, 3.05) is 39.6 Å². The Kier molecular flexibility index (Phi) is 10.6. The van der Waals surface area contributed by atoms with Crippen LogP contribution in [0.5, 0.6) is 11.5 Å². The minimum atomic E-state index is -4.20. The first-order valence-electron chi connectivity index (χ1n) is 9.68. The van der Waals surface area contributed by atoms with Crippen LogP contribution in [-0.4, -0.2) is 66.3 Å². The Balaban J connectivity index is 1.74. The van der Waals surface area contributed by atoms with Crippen LogP contribution in [0.1, 0.15) is 0 Å². The summed E-state index contributed by atoms with van der Waals surface area (Å²) in [6.45, 7) is -0.170. The molecule has 0 aliphatic rings. The van der Waals surface area contributed by atoms with Gasteiger partial charge in [0.15, 0.2) is 0 Å². The van der Waals surface area contributed by atoms with Crippen LogP contribution in [0.15, 0.2) is 46.2 Å². The summed E-state index contributed by atoms with van der Waals surface area (Å²) < 4.78 is 67.4. The molecule has 2 aromatic carbocycles. The third kappa shape index (κ3) is 9.03. The van der Waals surface area contributed by atoms with Crippen LogP contribution in [0.4, 0.5) is 11.4 Å². The number of hydrogen-bond donors (Lipinski definition) is 0. The van der Waals surface area contributed by atoms with Crippen molar-refractivity contribution in [3.63, 3.8) is 0 Å². The Morgan fingerprint density at radius 3 is 1.28 bits per heavy atom. The molecule has 36 heavy (non-hydrogen) atoms. The van der Waals surface area contributed by atoms with Crippen molar-refractivity contribution in [3.05, 3.63) is 56.6 Å². The van der Waals surface area contributed by atoms with E-state index in [0.29, 0.717) is 0 Å². The predicted molar refractivity (Wildman–Crippen MR) is 125 cm³/mol. The third-order valence-corrected chi connectivity index (χ3v) is 6.87. The van der Waals surface area contributed by atoms with Gasteiger partial charge in [0.05, 0.1) is 48.4 Å². The van der Waals surface area contributed by atoms with Gasteiger partial charge < -0.3 is 18.9 Å². The van der Waals surface area contributed by atoms with E-state index >= 15 is 0 Å². The molecule has 0 atom stereocenters. The Bertz CT molecular complexity index is 1220. The average molecular weight is 589 g/mol. The van der Waals surface area contributed by atoms with E-state index in [4.69, 9.17) is 40.3 Å². The van der Waals surface area contributed by atoms with Crippen molar-refractivity contribution < 1.29 is 45.6 Å². The highest BCUT2D eigenvalue weighted by Crippen LogP contribution is 2.32. The van der Waals surface area contributed by atoms with Gasteiger partial charge in [-0.05, 0) is 12.1 Å². The monoisotopic (exact) mass is 588 g/mol. The molecule has 0 aliphatic heterocycles. The second-order valence-corrected chi connectivity index (χ2v) is 11.6. The van der Waals surface area contributed by atoms with E-state index in [2.05, 4.69) is 0 Å². The topological polar surface area (TPSA) is 191 Å². The predicted octanol–water partition coefficient (Wildman–Crippen LogP) is 2.85. The highest BCUT2D eigenvalue weighted by molar-refractivity contribution is 8.14. The lowest BCUT2D eigenvalue weighted by molar-refractivity contribution is -0.385. The molecular weight excluding hydrogens is 571 g/mol. The number of ether oxygens (including phenoxy) is 4. The van der Waals surface area contributed by atoms with Gasteiger partial charge in [0.2, 0.25) is 0 Å². The molecule has 14 nitrogen and oxygen atoms in total. The van der Waals surface area contributed by atoms with Gasteiger partial charge in [0.1, 0.15) is 34.5 Å². The normalized spacial score (nSPS) is 11.7. The molecular formula is C18H18Cl2N2O12S2. The number of benzene rings is 2. The lowest BCUT2D eigenvalue weighted by Crippen LogP contribution is -2.14. The van der Waals surface area contributed by atoms with Crippen molar-refractivity contribution >= 4 is 50.8 Å². The van der Waals surface area contributed by atoms with Gasteiger partial charge in [-0.25, -0.2) is 16.8 Å². The van der Waals surface area contributed by atoms with Crippen LogP contribution in [0.2, 0.25) is 0 Å². The summed E-state index contributed by atoms with van der Waals surface area (Å²) in [6.07, 6.45) is 0. The molecule has 0 fully saturated rings. The third-order valence-electron chi connectivity index (χ3n) is 4.14. The number of nitro groups is 2. The molecule has 0 amide bonds. The largest absolute Gasteiger partial charge is 0.490 e. The summed E-state index contributed by atoms with van der Waals surface area (Å²) >= 11 is 0. The lowest BCUT2D eigenvalue weighted by atomic mass is 10.3. The number of non-ortho nitro benzene ring substituents is 2. The Morgan fingerprint density at radius 2 is 0.972 bits per heavy atom. The fourth-order valence-electron chi connectivity index (χ4n) is 2.59. The maximum atomic E-state index is 11.6. The molecule has 0 aliphatic carbocycles. The van der Waals surface area contributed by atoms with Crippen LogP contribution < -0.4 is 9.47 Å². The smallest absolute Gasteiger partial charge is 0.273 e. The molecule has 0 saturated carbocycles. The van der Waals surface area contributed by atoms with Gasteiger partial charge in [-0.15, -0.1) is 0 Å².